The smallest absolute Gasteiger partial charge is 0.228 e. The summed E-state index contributed by atoms with van der Waals surface area (Å²) in [5, 5.41) is 0. The zero-order chi connectivity index (χ0) is 16.6. The summed E-state index contributed by atoms with van der Waals surface area (Å²) in [5.41, 5.74) is 0.791. The first kappa shape index (κ1) is 16.0. The minimum atomic E-state index is -3.03. The Kier molecular flexibility index (Phi) is 4.14. The lowest BCUT2D eigenvalue weighted by molar-refractivity contribution is -0.136. The van der Waals surface area contributed by atoms with Crippen LogP contribution in [0.3, 0.4) is 0 Å². The summed E-state index contributed by atoms with van der Waals surface area (Å²) in [6.45, 7) is 0.353. The molecular weight excluding hydrogens is 316 g/mol. The van der Waals surface area contributed by atoms with Crippen LogP contribution in [0.1, 0.15) is 12.8 Å². The van der Waals surface area contributed by atoms with Gasteiger partial charge in [-0.15, -0.1) is 0 Å². The Morgan fingerprint density at radius 1 is 1.26 bits per heavy atom. The maximum atomic E-state index is 12.6. The fraction of sp³-hybridized carbons (Fsp3) is 0.500. The van der Waals surface area contributed by atoms with Crippen LogP contribution in [0.4, 0.5) is 5.69 Å². The first-order valence-corrected chi connectivity index (χ1v) is 9.52. The molecule has 124 valence electrons. The minimum Gasteiger partial charge on any atom is -0.341 e. The van der Waals surface area contributed by atoms with Crippen LogP contribution >= 0.6 is 0 Å². The highest BCUT2D eigenvalue weighted by Gasteiger charge is 2.40. The molecule has 0 radical (unpaired) electrons. The molecule has 2 amide bonds. The molecule has 2 aliphatic heterocycles. The predicted molar refractivity (Wildman–Crippen MR) is 86.7 cm³/mol. The first-order valence-electron chi connectivity index (χ1n) is 7.70. The van der Waals surface area contributed by atoms with E-state index >= 15 is 0 Å². The Morgan fingerprint density at radius 3 is 2.57 bits per heavy atom. The third kappa shape index (κ3) is 3.24. The minimum absolute atomic E-state index is 0.0261. The molecule has 23 heavy (non-hydrogen) atoms. The van der Waals surface area contributed by atoms with Gasteiger partial charge in [0, 0.05) is 31.7 Å². The van der Waals surface area contributed by atoms with Gasteiger partial charge in [-0.05, 0) is 18.6 Å². The number of rotatable bonds is 3. The number of amides is 2. The largest absolute Gasteiger partial charge is 0.341 e. The summed E-state index contributed by atoms with van der Waals surface area (Å²) in [6, 6.07) is 9.01. The van der Waals surface area contributed by atoms with Crippen molar-refractivity contribution in [1.29, 1.82) is 0 Å². The number of hydrogen-bond acceptors (Lipinski definition) is 4. The topological polar surface area (TPSA) is 74.8 Å². The van der Waals surface area contributed by atoms with Gasteiger partial charge in [-0.25, -0.2) is 8.42 Å². The number of anilines is 1. The number of sulfone groups is 1. The van der Waals surface area contributed by atoms with E-state index in [1.807, 2.05) is 30.3 Å². The van der Waals surface area contributed by atoms with Gasteiger partial charge < -0.3 is 9.80 Å². The molecule has 0 aliphatic carbocycles. The second-order valence-electron chi connectivity index (χ2n) is 6.25. The summed E-state index contributed by atoms with van der Waals surface area (Å²) >= 11 is 0. The lowest BCUT2D eigenvalue weighted by Gasteiger charge is -2.26. The highest BCUT2D eigenvalue weighted by molar-refractivity contribution is 7.91. The van der Waals surface area contributed by atoms with E-state index in [1.165, 1.54) is 4.90 Å². The summed E-state index contributed by atoms with van der Waals surface area (Å²) < 4.78 is 23.2. The van der Waals surface area contributed by atoms with Crippen LogP contribution in [0.15, 0.2) is 30.3 Å². The molecule has 0 aromatic heterocycles. The van der Waals surface area contributed by atoms with Crippen LogP contribution in [0.25, 0.3) is 0 Å². The standard InChI is InChI=1S/C16H20N2O4S/c1-17(14-7-8-23(21,22)11-14)16(20)12-9-15(19)18(10-12)13-5-3-2-4-6-13/h2-6,12,14H,7-11H2,1H3. The van der Waals surface area contributed by atoms with Gasteiger partial charge in [0.25, 0.3) is 0 Å². The van der Waals surface area contributed by atoms with Crippen LogP contribution in [0.2, 0.25) is 0 Å². The molecule has 7 heteroatoms. The third-order valence-corrected chi connectivity index (χ3v) is 6.40. The quantitative estimate of drug-likeness (QED) is 0.814. The van der Waals surface area contributed by atoms with Crippen molar-refractivity contribution in [3.05, 3.63) is 30.3 Å². The van der Waals surface area contributed by atoms with Gasteiger partial charge in [0.2, 0.25) is 11.8 Å². The predicted octanol–water partition coefficient (Wildman–Crippen LogP) is 0.685. The molecule has 1 aromatic carbocycles. The van der Waals surface area contributed by atoms with E-state index in [2.05, 4.69) is 0 Å². The fourth-order valence-corrected chi connectivity index (χ4v) is 5.05. The molecule has 1 aromatic rings. The molecule has 2 unspecified atom stereocenters. The molecule has 0 saturated carbocycles. The van der Waals surface area contributed by atoms with Crippen molar-refractivity contribution in [1.82, 2.24) is 4.90 Å². The zero-order valence-electron chi connectivity index (χ0n) is 13.0. The molecule has 6 nitrogen and oxygen atoms in total. The Balaban J connectivity index is 1.68. The van der Waals surface area contributed by atoms with Crippen molar-refractivity contribution < 1.29 is 18.0 Å². The second-order valence-corrected chi connectivity index (χ2v) is 8.48. The maximum absolute atomic E-state index is 12.6. The van der Waals surface area contributed by atoms with E-state index in [0.29, 0.717) is 13.0 Å². The molecule has 2 saturated heterocycles. The van der Waals surface area contributed by atoms with Crippen molar-refractivity contribution in [2.45, 2.75) is 18.9 Å². The van der Waals surface area contributed by atoms with Gasteiger partial charge in [0.05, 0.1) is 17.4 Å². The van der Waals surface area contributed by atoms with Crippen LogP contribution in [-0.4, -0.2) is 56.3 Å². The molecule has 0 spiro atoms. The van der Waals surface area contributed by atoms with E-state index < -0.39 is 15.8 Å². The number of carbonyl (C=O) groups is 2. The third-order valence-electron chi connectivity index (χ3n) is 4.65. The van der Waals surface area contributed by atoms with Crippen LogP contribution in [0, 0.1) is 5.92 Å². The van der Waals surface area contributed by atoms with Gasteiger partial charge in [0.15, 0.2) is 9.84 Å². The lowest BCUT2D eigenvalue weighted by Crippen LogP contribution is -2.42. The molecule has 2 atom stereocenters. The van der Waals surface area contributed by atoms with E-state index in [9.17, 15) is 18.0 Å². The van der Waals surface area contributed by atoms with Crippen molar-refractivity contribution in [2.24, 2.45) is 5.92 Å². The van der Waals surface area contributed by atoms with Crippen molar-refractivity contribution >= 4 is 27.3 Å². The summed E-state index contributed by atoms with van der Waals surface area (Å²) in [4.78, 5) is 28.0. The average molecular weight is 336 g/mol. The van der Waals surface area contributed by atoms with Crippen LogP contribution in [0.5, 0.6) is 0 Å². The number of hydrogen-bond donors (Lipinski definition) is 0. The number of nitrogens with zero attached hydrogens (tertiary/aromatic N) is 2. The molecular formula is C16H20N2O4S. The van der Waals surface area contributed by atoms with E-state index in [1.54, 1.807) is 11.9 Å². The van der Waals surface area contributed by atoms with Crippen molar-refractivity contribution in [3.8, 4) is 0 Å². The van der Waals surface area contributed by atoms with Gasteiger partial charge in [0.1, 0.15) is 0 Å². The highest BCUT2D eigenvalue weighted by Crippen LogP contribution is 2.27. The summed E-state index contributed by atoms with van der Waals surface area (Å²) in [6.07, 6.45) is 0.658. The maximum Gasteiger partial charge on any atom is 0.228 e. The van der Waals surface area contributed by atoms with Gasteiger partial charge in [-0.2, -0.15) is 0 Å². The molecule has 0 N–H and O–H groups in total. The average Bonchev–Trinajstić information content (AvgIpc) is 3.09. The Hall–Kier alpha value is -1.89. The van der Waals surface area contributed by atoms with E-state index in [-0.39, 0.29) is 35.8 Å². The monoisotopic (exact) mass is 336 g/mol. The summed E-state index contributed by atoms with van der Waals surface area (Å²) in [7, 11) is -1.39. The first-order chi connectivity index (χ1) is 10.9. The van der Waals surface area contributed by atoms with Crippen molar-refractivity contribution in [2.75, 3.05) is 30.0 Å². The van der Waals surface area contributed by atoms with Gasteiger partial charge in [-0.1, -0.05) is 18.2 Å². The normalized spacial score (nSPS) is 26.5. The van der Waals surface area contributed by atoms with Gasteiger partial charge >= 0.3 is 0 Å². The fourth-order valence-electron chi connectivity index (χ4n) is 3.28. The molecule has 3 rings (SSSR count). The van der Waals surface area contributed by atoms with Crippen LogP contribution in [-0.2, 0) is 19.4 Å². The number of carbonyl (C=O) groups excluding carboxylic acids is 2. The van der Waals surface area contributed by atoms with E-state index in [0.717, 1.165) is 5.69 Å². The van der Waals surface area contributed by atoms with E-state index in [4.69, 9.17) is 0 Å². The molecule has 2 heterocycles. The molecule has 2 aliphatic rings. The van der Waals surface area contributed by atoms with Crippen LogP contribution < -0.4 is 4.90 Å². The number of para-hydroxylation sites is 1. The molecule has 0 bridgehead atoms. The summed E-state index contributed by atoms with van der Waals surface area (Å²) in [5.74, 6) is -0.454. The Bertz CT molecular complexity index is 717. The SMILES string of the molecule is CN(C(=O)C1CC(=O)N(c2ccccc2)C1)C1CCS(=O)(=O)C1. The Labute approximate surface area is 136 Å². The van der Waals surface area contributed by atoms with Gasteiger partial charge in [-0.3, -0.25) is 9.59 Å². The second kappa shape index (κ2) is 5.96. The molecule has 2 fully saturated rings. The Morgan fingerprint density at radius 2 is 1.96 bits per heavy atom. The number of benzene rings is 1. The highest BCUT2D eigenvalue weighted by atomic mass is 32.2. The zero-order valence-corrected chi connectivity index (χ0v) is 13.8. The van der Waals surface area contributed by atoms with Crippen molar-refractivity contribution in [3.63, 3.8) is 0 Å². The lowest BCUT2D eigenvalue weighted by atomic mass is 10.1.